The number of halogens is 1. The second-order valence-electron chi connectivity index (χ2n) is 6.98. The Labute approximate surface area is 163 Å². The van der Waals surface area contributed by atoms with E-state index in [1.54, 1.807) is 24.3 Å². The van der Waals surface area contributed by atoms with E-state index in [1.165, 1.54) is 0 Å². The summed E-state index contributed by atoms with van der Waals surface area (Å²) >= 11 is 3.30. The monoisotopic (exact) mass is 432 g/mol. The quantitative estimate of drug-likeness (QED) is 0.434. The Morgan fingerprint density at radius 1 is 1.07 bits per heavy atom. The number of nitrogens with zero attached hydrogens (tertiary/aromatic N) is 1. The molecule has 2 bridgehead atoms. The van der Waals surface area contributed by atoms with Gasteiger partial charge in [-0.3, -0.25) is 24.1 Å². The summed E-state index contributed by atoms with van der Waals surface area (Å²) < 4.78 is 5.80. The maximum absolute atomic E-state index is 12.5. The fourth-order valence-electron chi connectivity index (χ4n) is 4.17. The predicted octanol–water partition coefficient (Wildman–Crippen LogP) is 1.74. The summed E-state index contributed by atoms with van der Waals surface area (Å²) in [7, 11) is 0. The zero-order valence-electron chi connectivity index (χ0n) is 14.3. The van der Waals surface area contributed by atoms with E-state index in [1.807, 2.05) is 12.2 Å². The Morgan fingerprint density at radius 2 is 1.67 bits per heavy atom. The number of hydrogen-bond donors (Lipinski definition) is 1. The van der Waals surface area contributed by atoms with Crippen LogP contribution in [0.2, 0.25) is 0 Å². The number of carbonyl (C=O) groups is 4. The average Bonchev–Trinajstić information content (AvgIpc) is 3.32. The Morgan fingerprint density at radius 3 is 2.26 bits per heavy atom. The fraction of sp³-hybridized carbons (Fsp3) is 0.368. The number of benzene rings is 1. The largest absolute Gasteiger partial charge is 0.454 e. The molecule has 2 fully saturated rings. The SMILES string of the molecule is O=C(COC(=O)CN1C(=O)[C@@H]2[C@H](C1=O)[C@H]1C=C[C@H]2C1)Nc1ccc(Br)cc1. The van der Waals surface area contributed by atoms with Crippen molar-refractivity contribution in [2.75, 3.05) is 18.5 Å². The molecule has 7 nitrogen and oxygen atoms in total. The van der Waals surface area contributed by atoms with Gasteiger partial charge in [0.15, 0.2) is 6.61 Å². The molecule has 2 aliphatic carbocycles. The molecule has 3 aliphatic rings. The lowest BCUT2D eigenvalue weighted by atomic mass is 9.85. The highest BCUT2D eigenvalue weighted by Gasteiger charge is 2.59. The van der Waals surface area contributed by atoms with Gasteiger partial charge in [0, 0.05) is 10.2 Å². The number of esters is 1. The van der Waals surface area contributed by atoms with Crippen LogP contribution in [0.5, 0.6) is 0 Å². The zero-order valence-corrected chi connectivity index (χ0v) is 15.8. The number of ether oxygens (including phenoxy) is 1. The first-order valence-electron chi connectivity index (χ1n) is 8.68. The van der Waals surface area contributed by atoms with Crippen LogP contribution in [0.25, 0.3) is 0 Å². The van der Waals surface area contributed by atoms with Gasteiger partial charge in [0.25, 0.3) is 5.91 Å². The number of imide groups is 1. The van der Waals surface area contributed by atoms with Gasteiger partial charge >= 0.3 is 5.97 Å². The van der Waals surface area contributed by atoms with Gasteiger partial charge in [-0.15, -0.1) is 0 Å². The van der Waals surface area contributed by atoms with Crippen molar-refractivity contribution in [1.29, 1.82) is 0 Å². The summed E-state index contributed by atoms with van der Waals surface area (Å²) in [6.45, 7) is -0.930. The van der Waals surface area contributed by atoms with E-state index in [9.17, 15) is 19.2 Å². The number of fused-ring (bicyclic) bond motifs is 5. The molecule has 1 saturated heterocycles. The molecule has 0 spiro atoms. The molecule has 1 N–H and O–H groups in total. The van der Waals surface area contributed by atoms with Crippen LogP contribution in [-0.4, -0.2) is 41.7 Å². The predicted molar refractivity (Wildman–Crippen MR) is 98.2 cm³/mol. The summed E-state index contributed by atoms with van der Waals surface area (Å²) in [6.07, 6.45) is 4.82. The molecule has 0 radical (unpaired) electrons. The minimum Gasteiger partial charge on any atom is -0.454 e. The van der Waals surface area contributed by atoms with E-state index in [4.69, 9.17) is 4.74 Å². The van der Waals surface area contributed by atoms with Crippen molar-refractivity contribution < 1.29 is 23.9 Å². The fourth-order valence-corrected chi connectivity index (χ4v) is 4.44. The number of anilines is 1. The van der Waals surface area contributed by atoms with E-state index in [0.29, 0.717) is 5.69 Å². The van der Waals surface area contributed by atoms with Gasteiger partial charge in [-0.25, -0.2) is 0 Å². The van der Waals surface area contributed by atoms with Crippen molar-refractivity contribution in [3.63, 3.8) is 0 Å². The number of hydrogen-bond acceptors (Lipinski definition) is 5. The molecular formula is C19H17BrN2O5. The van der Waals surface area contributed by atoms with Crippen molar-refractivity contribution in [1.82, 2.24) is 4.90 Å². The first-order valence-corrected chi connectivity index (χ1v) is 9.48. The maximum Gasteiger partial charge on any atom is 0.326 e. The molecule has 0 aromatic heterocycles. The lowest BCUT2D eigenvalue weighted by molar-refractivity contribution is -0.154. The molecule has 0 unspecified atom stereocenters. The van der Waals surface area contributed by atoms with Crippen molar-refractivity contribution in [3.05, 3.63) is 40.9 Å². The minimum atomic E-state index is -0.775. The summed E-state index contributed by atoms with van der Waals surface area (Å²) in [4.78, 5) is 49.9. The van der Waals surface area contributed by atoms with Crippen LogP contribution < -0.4 is 5.32 Å². The molecule has 4 rings (SSSR count). The second-order valence-corrected chi connectivity index (χ2v) is 7.89. The highest BCUT2D eigenvalue weighted by molar-refractivity contribution is 9.10. The molecule has 1 heterocycles. The third-order valence-corrected chi connectivity index (χ3v) is 5.87. The maximum atomic E-state index is 12.5. The minimum absolute atomic E-state index is 0.0918. The van der Waals surface area contributed by atoms with Crippen LogP contribution in [0, 0.1) is 23.7 Å². The van der Waals surface area contributed by atoms with Gasteiger partial charge in [-0.05, 0) is 42.5 Å². The van der Waals surface area contributed by atoms with Crippen LogP contribution in [0.3, 0.4) is 0 Å². The van der Waals surface area contributed by atoms with Gasteiger partial charge in [0.1, 0.15) is 6.54 Å². The van der Waals surface area contributed by atoms with E-state index >= 15 is 0 Å². The number of rotatable bonds is 5. The molecule has 3 amide bonds. The van der Waals surface area contributed by atoms with Gasteiger partial charge in [0.05, 0.1) is 11.8 Å². The standard InChI is InChI=1S/C19H17BrN2O5/c20-12-3-5-13(6-4-12)21-14(23)9-27-15(24)8-22-18(25)16-10-1-2-11(7-10)17(16)19(22)26/h1-6,10-11,16-17H,7-9H2,(H,21,23)/t10-,11-,16-,17+/m0/s1. The Bertz CT molecular complexity index is 820. The normalized spacial score (nSPS) is 27.8. The topological polar surface area (TPSA) is 92.8 Å². The van der Waals surface area contributed by atoms with Crippen LogP contribution in [0.15, 0.2) is 40.9 Å². The summed E-state index contributed by atoms with van der Waals surface area (Å²) in [6, 6.07) is 6.94. The first kappa shape index (κ1) is 17.9. The lowest BCUT2D eigenvalue weighted by Crippen LogP contribution is -2.38. The number of likely N-dealkylation sites (tertiary alicyclic amines) is 1. The third kappa shape index (κ3) is 3.29. The Kier molecular flexibility index (Phi) is 4.59. The molecule has 1 aromatic carbocycles. The van der Waals surface area contributed by atoms with Crippen LogP contribution in [0.1, 0.15) is 6.42 Å². The molecule has 140 valence electrons. The Hall–Kier alpha value is -2.48. The molecule has 4 atom stereocenters. The smallest absolute Gasteiger partial charge is 0.326 e. The van der Waals surface area contributed by atoms with Crippen LogP contribution >= 0.6 is 15.9 Å². The zero-order chi connectivity index (χ0) is 19.1. The summed E-state index contributed by atoms with van der Waals surface area (Å²) in [5.74, 6) is -2.40. The summed E-state index contributed by atoms with van der Waals surface area (Å²) in [5, 5.41) is 2.60. The van der Waals surface area contributed by atoms with Crippen molar-refractivity contribution in [3.8, 4) is 0 Å². The van der Waals surface area contributed by atoms with Crippen molar-refractivity contribution >= 4 is 45.3 Å². The Balaban J connectivity index is 1.28. The highest BCUT2D eigenvalue weighted by atomic mass is 79.9. The molecule has 27 heavy (non-hydrogen) atoms. The first-order chi connectivity index (χ1) is 12.9. The molecule has 1 aromatic rings. The van der Waals surface area contributed by atoms with E-state index in [2.05, 4.69) is 21.2 Å². The van der Waals surface area contributed by atoms with Crippen LogP contribution in [-0.2, 0) is 23.9 Å². The third-order valence-electron chi connectivity index (χ3n) is 5.34. The number of nitrogens with one attached hydrogen (secondary N) is 1. The van der Waals surface area contributed by atoms with E-state index in [0.717, 1.165) is 15.8 Å². The van der Waals surface area contributed by atoms with Gasteiger partial charge in [-0.1, -0.05) is 28.1 Å². The lowest BCUT2D eigenvalue weighted by Gasteiger charge is -2.16. The second kappa shape index (κ2) is 6.92. The number of allylic oxidation sites excluding steroid dienone is 2. The van der Waals surface area contributed by atoms with Gasteiger partial charge in [-0.2, -0.15) is 0 Å². The molecular weight excluding hydrogens is 416 g/mol. The van der Waals surface area contributed by atoms with Gasteiger partial charge in [0.2, 0.25) is 11.8 Å². The average molecular weight is 433 g/mol. The van der Waals surface area contributed by atoms with Crippen molar-refractivity contribution in [2.24, 2.45) is 23.7 Å². The number of amides is 3. The molecule has 1 aliphatic heterocycles. The molecule has 8 heteroatoms. The van der Waals surface area contributed by atoms with Crippen molar-refractivity contribution in [2.45, 2.75) is 6.42 Å². The van der Waals surface area contributed by atoms with E-state index < -0.39 is 25.0 Å². The van der Waals surface area contributed by atoms with E-state index in [-0.39, 0.29) is 35.5 Å². The molecule has 1 saturated carbocycles. The summed E-state index contributed by atoms with van der Waals surface area (Å²) in [5.41, 5.74) is 0.569. The highest BCUT2D eigenvalue weighted by Crippen LogP contribution is 2.52. The van der Waals surface area contributed by atoms with Gasteiger partial charge < -0.3 is 10.1 Å². The number of carbonyl (C=O) groups excluding carboxylic acids is 4. The van der Waals surface area contributed by atoms with Crippen LogP contribution in [0.4, 0.5) is 5.69 Å².